The van der Waals surface area contributed by atoms with Crippen molar-refractivity contribution < 1.29 is 9.84 Å². The van der Waals surface area contributed by atoms with Crippen molar-refractivity contribution in [3.05, 3.63) is 64.2 Å². The first-order chi connectivity index (χ1) is 9.47. The third-order valence-corrected chi connectivity index (χ3v) is 3.59. The summed E-state index contributed by atoms with van der Waals surface area (Å²) >= 11 is 0. The molecule has 0 spiro atoms. The molecule has 0 saturated carbocycles. The molecule has 1 atom stereocenters. The smallest absolute Gasteiger partial charge is 0.119 e. The molecule has 0 unspecified atom stereocenters. The van der Waals surface area contributed by atoms with Gasteiger partial charge in [0.1, 0.15) is 12.4 Å². The number of rotatable bonds is 4. The van der Waals surface area contributed by atoms with Crippen LogP contribution in [0, 0.1) is 20.8 Å². The Morgan fingerprint density at radius 3 is 2.05 bits per heavy atom. The molecule has 2 nitrogen and oxygen atoms in total. The lowest BCUT2D eigenvalue weighted by Gasteiger charge is -2.13. The van der Waals surface area contributed by atoms with Crippen molar-refractivity contribution in [1.82, 2.24) is 0 Å². The number of hydrogen-bond acceptors (Lipinski definition) is 2. The van der Waals surface area contributed by atoms with Crippen molar-refractivity contribution in [1.29, 1.82) is 0 Å². The van der Waals surface area contributed by atoms with Gasteiger partial charge in [-0.25, -0.2) is 0 Å². The second kappa shape index (κ2) is 6.10. The highest BCUT2D eigenvalue weighted by atomic mass is 16.5. The van der Waals surface area contributed by atoms with Gasteiger partial charge in [-0.2, -0.15) is 0 Å². The van der Waals surface area contributed by atoms with Crippen LogP contribution in [0.25, 0.3) is 0 Å². The number of benzene rings is 2. The van der Waals surface area contributed by atoms with Gasteiger partial charge in [0.2, 0.25) is 0 Å². The molecule has 2 rings (SSSR count). The van der Waals surface area contributed by atoms with Crippen LogP contribution >= 0.6 is 0 Å². The van der Waals surface area contributed by atoms with Gasteiger partial charge in [-0.1, -0.05) is 29.8 Å². The summed E-state index contributed by atoms with van der Waals surface area (Å²) in [5.41, 5.74) is 5.96. The third-order valence-electron chi connectivity index (χ3n) is 3.59. The van der Waals surface area contributed by atoms with Gasteiger partial charge in [0.15, 0.2) is 0 Å². The Morgan fingerprint density at radius 1 is 1.00 bits per heavy atom. The van der Waals surface area contributed by atoms with E-state index in [1.165, 1.54) is 22.3 Å². The Bertz CT molecular complexity index is 560. The fourth-order valence-corrected chi connectivity index (χ4v) is 2.44. The maximum Gasteiger partial charge on any atom is 0.119 e. The minimum Gasteiger partial charge on any atom is -0.489 e. The van der Waals surface area contributed by atoms with Crippen molar-refractivity contribution in [3.8, 4) is 5.75 Å². The van der Waals surface area contributed by atoms with E-state index in [-0.39, 0.29) is 0 Å². The van der Waals surface area contributed by atoms with Crippen LogP contribution in [0.15, 0.2) is 36.4 Å². The standard InChI is InChI=1S/C18H22O2/c1-12-9-13(2)18(14(3)10-12)11-20-17-7-5-16(6-8-17)15(4)19/h5-10,15,19H,11H2,1-4H3/t15-/m0/s1. The number of aryl methyl sites for hydroxylation is 3. The third kappa shape index (κ3) is 3.40. The number of hydrogen-bond donors (Lipinski definition) is 1. The molecule has 2 aromatic carbocycles. The average Bonchev–Trinajstić information content (AvgIpc) is 2.38. The van der Waals surface area contributed by atoms with E-state index in [4.69, 9.17) is 4.74 Å². The van der Waals surface area contributed by atoms with Crippen molar-refractivity contribution in [3.63, 3.8) is 0 Å². The lowest BCUT2D eigenvalue weighted by atomic mass is 10.0. The summed E-state index contributed by atoms with van der Waals surface area (Å²) in [5, 5.41) is 9.48. The first-order valence-corrected chi connectivity index (χ1v) is 6.95. The molecule has 0 aliphatic heterocycles. The highest BCUT2D eigenvalue weighted by Crippen LogP contribution is 2.21. The summed E-state index contributed by atoms with van der Waals surface area (Å²) in [5.74, 6) is 0.828. The van der Waals surface area contributed by atoms with Gasteiger partial charge >= 0.3 is 0 Å². The van der Waals surface area contributed by atoms with Gasteiger partial charge in [0.05, 0.1) is 6.10 Å². The van der Waals surface area contributed by atoms with E-state index in [2.05, 4.69) is 32.9 Å². The largest absolute Gasteiger partial charge is 0.489 e. The van der Waals surface area contributed by atoms with Crippen molar-refractivity contribution in [2.75, 3.05) is 0 Å². The Kier molecular flexibility index (Phi) is 4.46. The van der Waals surface area contributed by atoms with Crippen LogP contribution in [0.5, 0.6) is 5.75 Å². The fourth-order valence-electron chi connectivity index (χ4n) is 2.44. The summed E-state index contributed by atoms with van der Waals surface area (Å²) < 4.78 is 5.85. The average molecular weight is 270 g/mol. The highest BCUT2D eigenvalue weighted by molar-refractivity contribution is 5.37. The summed E-state index contributed by atoms with van der Waals surface area (Å²) in [7, 11) is 0. The minimum atomic E-state index is -0.439. The number of aliphatic hydroxyl groups is 1. The van der Waals surface area contributed by atoms with Crippen LogP contribution < -0.4 is 4.74 Å². The molecule has 2 heteroatoms. The zero-order valence-electron chi connectivity index (χ0n) is 12.6. The first-order valence-electron chi connectivity index (χ1n) is 6.95. The van der Waals surface area contributed by atoms with Gasteiger partial charge in [-0.05, 0) is 62.1 Å². The van der Waals surface area contributed by atoms with Crippen molar-refractivity contribution in [2.45, 2.75) is 40.4 Å². The number of aliphatic hydroxyl groups excluding tert-OH is 1. The van der Waals surface area contributed by atoms with E-state index in [1.807, 2.05) is 24.3 Å². The SMILES string of the molecule is Cc1cc(C)c(COc2ccc([C@H](C)O)cc2)c(C)c1. The lowest BCUT2D eigenvalue weighted by Crippen LogP contribution is -2.01. The molecule has 0 aromatic heterocycles. The Balaban J connectivity index is 2.09. The van der Waals surface area contributed by atoms with E-state index in [9.17, 15) is 5.11 Å². The Morgan fingerprint density at radius 2 is 1.55 bits per heavy atom. The maximum atomic E-state index is 9.48. The molecular formula is C18H22O2. The zero-order chi connectivity index (χ0) is 14.7. The van der Waals surface area contributed by atoms with Gasteiger partial charge in [0.25, 0.3) is 0 Å². The highest BCUT2D eigenvalue weighted by Gasteiger charge is 2.05. The molecule has 1 N–H and O–H groups in total. The summed E-state index contributed by atoms with van der Waals surface area (Å²) in [4.78, 5) is 0. The fraction of sp³-hybridized carbons (Fsp3) is 0.333. The van der Waals surface area contributed by atoms with Crippen molar-refractivity contribution in [2.24, 2.45) is 0 Å². The van der Waals surface area contributed by atoms with Crippen LogP contribution in [0.3, 0.4) is 0 Å². The van der Waals surface area contributed by atoms with E-state index >= 15 is 0 Å². The lowest BCUT2D eigenvalue weighted by molar-refractivity contribution is 0.199. The first kappa shape index (κ1) is 14.6. The molecule has 0 aliphatic carbocycles. The summed E-state index contributed by atoms with van der Waals surface area (Å²) in [6.45, 7) is 8.69. The van der Waals surface area contributed by atoms with E-state index in [0.29, 0.717) is 6.61 Å². The molecule has 20 heavy (non-hydrogen) atoms. The molecule has 0 heterocycles. The van der Waals surface area contributed by atoms with Crippen LogP contribution in [-0.4, -0.2) is 5.11 Å². The molecule has 0 fully saturated rings. The predicted octanol–water partition coefficient (Wildman–Crippen LogP) is 4.24. The topological polar surface area (TPSA) is 29.5 Å². The van der Waals surface area contributed by atoms with Crippen LogP contribution in [0.4, 0.5) is 0 Å². The van der Waals surface area contributed by atoms with E-state index in [0.717, 1.165) is 11.3 Å². The second-order valence-corrected chi connectivity index (χ2v) is 5.41. The Hall–Kier alpha value is -1.80. The van der Waals surface area contributed by atoms with Crippen LogP contribution in [0.1, 0.15) is 40.8 Å². The van der Waals surface area contributed by atoms with Gasteiger partial charge < -0.3 is 9.84 Å². The van der Waals surface area contributed by atoms with Gasteiger partial charge in [-0.15, -0.1) is 0 Å². The van der Waals surface area contributed by atoms with Crippen LogP contribution in [-0.2, 0) is 6.61 Å². The molecule has 0 radical (unpaired) electrons. The molecule has 2 aromatic rings. The number of ether oxygens (including phenoxy) is 1. The molecule has 0 bridgehead atoms. The van der Waals surface area contributed by atoms with Crippen LogP contribution in [0.2, 0.25) is 0 Å². The second-order valence-electron chi connectivity index (χ2n) is 5.41. The molecule has 0 amide bonds. The molecular weight excluding hydrogens is 248 g/mol. The summed E-state index contributed by atoms with van der Waals surface area (Å²) in [6.07, 6.45) is -0.439. The zero-order valence-corrected chi connectivity index (χ0v) is 12.6. The quantitative estimate of drug-likeness (QED) is 0.900. The summed E-state index contributed by atoms with van der Waals surface area (Å²) in [6, 6.07) is 12.0. The molecule has 106 valence electrons. The minimum absolute atomic E-state index is 0.439. The van der Waals surface area contributed by atoms with E-state index < -0.39 is 6.10 Å². The maximum absolute atomic E-state index is 9.48. The van der Waals surface area contributed by atoms with Gasteiger partial charge in [-0.3, -0.25) is 0 Å². The molecule has 0 aliphatic rings. The predicted molar refractivity (Wildman–Crippen MR) is 82.1 cm³/mol. The normalized spacial score (nSPS) is 12.2. The Labute approximate surface area is 121 Å². The monoisotopic (exact) mass is 270 g/mol. The molecule has 0 saturated heterocycles. The van der Waals surface area contributed by atoms with Gasteiger partial charge in [0, 0.05) is 0 Å². The van der Waals surface area contributed by atoms with Crippen molar-refractivity contribution >= 4 is 0 Å². The van der Waals surface area contributed by atoms with E-state index in [1.54, 1.807) is 6.92 Å².